The number of nitrogens with zero attached hydrogens (tertiary/aromatic N) is 1. The van der Waals surface area contributed by atoms with Crippen LogP contribution in [0.15, 0.2) is 12.1 Å². The van der Waals surface area contributed by atoms with Crippen LogP contribution in [0.2, 0.25) is 5.02 Å². The van der Waals surface area contributed by atoms with E-state index in [-0.39, 0.29) is 11.1 Å². The number of nitrogen functional groups attached to an aromatic ring is 1. The molecule has 0 amide bonds. The van der Waals surface area contributed by atoms with Gasteiger partial charge in [-0.1, -0.05) is 18.0 Å². The summed E-state index contributed by atoms with van der Waals surface area (Å²) in [5.41, 5.74) is 6.94. The number of hydrogen-bond acceptors (Lipinski definition) is 3. The minimum absolute atomic E-state index is 0.0618. The van der Waals surface area contributed by atoms with Gasteiger partial charge in [-0.05, 0) is 38.9 Å². The van der Waals surface area contributed by atoms with Crippen molar-refractivity contribution in [1.82, 2.24) is 4.90 Å². The van der Waals surface area contributed by atoms with Crippen LogP contribution in [0.1, 0.15) is 26.2 Å². The standard InChI is InChI=1S/C14H21ClFN3/c1-10(9-19-5-3-2-4-6-19)18-14-8-12(16)11(15)7-13(14)17/h7-8,10,18H,2-6,9,17H2,1H3. The highest BCUT2D eigenvalue weighted by Crippen LogP contribution is 2.26. The molecule has 1 unspecified atom stereocenters. The summed E-state index contributed by atoms with van der Waals surface area (Å²) in [5.74, 6) is -0.441. The Kier molecular flexibility index (Phi) is 4.88. The molecule has 1 saturated heterocycles. The molecule has 1 aromatic carbocycles. The predicted molar refractivity (Wildman–Crippen MR) is 79.2 cm³/mol. The average molecular weight is 286 g/mol. The van der Waals surface area contributed by atoms with Crippen LogP contribution in [0.25, 0.3) is 0 Å². The minimum atomic E-state index is -0.441. The largest absolute Gasteiger partial charge is 0.397 e. The number of benzene rings is 1. The third-order valence-corrected chi connectivity index (χ3v) is 3.76. The second-order valence-corrected chi connectivity index (χ2v) is 5.67. The van der Waals surface area contributed by atoms with Crippen molar-refractivity contribution in [3.63, 3.8) is 0 Å². The van der Waals surface area contributed by atoms with Gasteiger partial charge in [0.25, 0.3) is 0 Å². The summed E-state index contributed by atoms with van der Waals surface area (Å²) < 4.78 is 13.4. The van der Waals surface area contributed by atoms with Crippen LogP contribution in [0, 0.1) is 5.82 Å². The average Bonchev–Trinajstić information content (AvgIpc) is 2.37. The van der Waals surface area contributed by atoms with E-state index in [1.165, 1.54) is 31.4 Å². The Morgan fingerprint density at radius 1 is 1.37 bits per heavy atom. The lowest BCUT2D eigenvalue weighted by molar-refractivity contribution is 0.223. The normalized spacial score (nSPS) is 18.3. The molecule has 1 aliphatic rings. The lowest BCUT2D eigenvalue weighted by Gasteiger charge is -2.30. The van der Waals surface area contributed by atoms with E-state index in [0.29, 0.717) is 11.4 Å². The molecule has 2 rings (SSSR count). The molecule has 1 aliphatic heterocycles. The first kappa shape index (κ1) is 14.4. The Labute approximate surface area is 118 Å². The smallest absolute Gasteiger partial charge is 0.143 e. The van der Waals surface area contributed by atoms with Crippen LogP contribution in [0.5, 0.6) is 0 Å². The van der Waals surface area contributed by atoms with Crippen molar-refractivity contribution in [3.8, 4) is 0 Å². The zero-order chi connectivity index (χ0) is 13.8. The molecule has 106 valence electrons. The van der Waals surface area contributed by atoms with Gasteiger partial charge in [-0.25, -0.2) is 4.39 Å². The van der Waals surface area contributed by atoms with Gasteiger partial charge in [0, 0.05) is 18.7 Å². The Morgan fingerprint density at radius 2 is 2.05 bits per heavy atom. The molecule has 0 spiro atoms. The van der Waals surface area contributed by atoms with Crippen molar-refractivity contribution in [2.45, 2.75) is 32.2 Å². The molecular formula is C14H21ClFN3. The number of nitrogens with one attached hydrogen (secondary N) is 1. The van der Waals surface area contributed by atoms with Crippen molar-refractivity contribution in [1.29, 1.82) is 0 Å². The number of nitrogens with two attached hydrogens (primary N) is 1. The highest BCUT2D eigenvalue weighted by Gasteiger charge is 2.14. The zero-order valence-corrected chi connectivity index (χ0v) is 12.0. The highest BCUT2D eigenvalue weighted by atomic mass is 35.5. The Balaban J connectivity index is 1.94. The molecule has 1 heterocycles. The second-order valence-electron chi connectivity index (χ2n) is 5.26. The maximum Gasteiger partial charge on any atom is 0.143 e. The van der Waals surface area contributed by atoms with Gasteiger partial charge < -0.3 is 16.0 Å². The molecule has 3 N–H and O–H groups in total. The Hall–Kier alpha value is -1.00. The molecule has 1 fully saturated rings. The summed E-state index contributed by atoms with van der Waals surface area (Å²) in [7, 11) is 0. The van der Waals surface area contributed by atoms with E-state index in [9.17, 15) is 4.39 Å². The molecule has 19 heavy (non-hydrogen) atoms. The summed E-state index contributed by atoms with van der Waals surface area (Å²) >= 11 is 5.69. The Morgan fingerprint density at radius 3 is 2.74 bits per heavy atom. The lowest BCUT2D eigenvalue weighted by atomic mass is 10.1. The topological polar surface area (TPSA) is 41.3 Å². The first-order chi connectivity index (χ1) is 9.06. The van der Waals surface area contributed by atoms with Crippen LogP contribution in [0.3, 0.4) is 0 Å². The number of piperidine rings is 1. The minimum Gasteiger partial charge on any atom is -0.397 e. The van der Waals surface area contributed by atoms with Crippen LogP contribution in [0.4, 0.5) is 15.8 Å². The van der Waals surface area contributed by atoms with Gasteiger partial charge in [0.05, 0.1) is 16.4 Å². The first-order valence-corrected chi connectivity index (χ1v) is 7.17. The van der Waals surface area contributed by atoms with Gasteiger partial charge in [0.15, 0.2) is 0 Å². The van der Waals surface area contributed by atoms with E-state index < -0.39 is 5.82 Å². The van der Waals surface area contributed by atoms with E-state index in [1.54, 1.807) is 0 Å². The summed E-state index contributed by atoms with van der Waals surface area (Å²) in [6, 6.07) is 3.04. The molecular weight excluding hydrogens is 265 g/mol. The maximum atomic E-state index is 13.4. The molecule has 3 nitrogen and oxygen atoms in total. The maximum absolute atomic E-state index is 13.4. The first-order valence-electron chi connectivity index (χ1n) is 6.79. The van der Waals surface area contributed by atoms with Crippen molar-refractivity contribution in [2.24, 2.45) is 0 Å². The Bertz CT molecular complexity index is 433. The van der Waals surface area contributed by atoms with Crippen molar-refractivity contribution in [3.05, 3.63) is 23.0 Å². The zero-order valence-electron chi connectivity index (χ0n) is 11.3. The van der Waals surface area contributed by atoms with Gasteiger partial charge in [-0.15, -0.1) is 0 Å². The number of anilines is 2. The fourth-order valence-corrected chi connectivity index (χ4v) is 2.70. The number of rotatable bonds is 4. The van der Waals surface area contributed by atoms with E-state index in [1.807, 2.05) is 0 Å². The van der Waals surface area contributed by atoms with Crippen LogP contribution in [-0.4, -0.2) is 30.6 Å². The van der Waals surface area contributed by atoms with Gasteiger partial charge in [0.1, 0.15) is 5.82 Å². The van der Waals surface area contributed by atoms with E-state index in [0.717, 1.165) is 19.6 Å². The quantitative estimate of drug-likeness (QED) is 0.834. The molecule has 0 saturated carbocycles. The van der Waals surface area contributed by atoms with Crippen molar-refractivity contribution in [2.75, 3.05) is 30.7 Å². The summed E-state index contributed by atoms with van der Waals surface area (Å²) in [5, 5.41) is 3.32. The molecule has 0 aliphatic carbocycles. The summed E-state index contributed by atoms with van der Waals surface area (Å²) in [6.45, 7) is 5.33. The fourth-order valence-electron chi connectivity index (χ4n) is 2.53. The van der Waals surface area contributed by atoms with Gasteiger partial charge in [0.2, 0.25) is 0 Å². The van der Waals surface area contributed by atoms with Crippen LogP contribution >= 0.6 is 11.6 Å². The predicted octanol–water partition coefficient (Wildman–Crippen LogP) is 3.35. The summed E-state index contributed by atoms with van der Waals surface area (Å²) in [6.07, 6.45) is 3.86. The third kappa shape index (κ3) is 3.98. The third-order valence-electron chi connectivity index (χ3n) is 3.48. The van der Waals surface area contributed by atoms with Crippen molar-refractivity contribution < 1.29 is 4.39 Å². The van der Waals surface area contributed by atoms with E-state index in [2.05, 4.69) is 17.1 Å². The number of likely N-dealkylation sites (tertiary alicyclic amines) is 1. The molecule has 0 radical (unpaired) electrons. The van der Waals surface area contributed by atoms with E-state index >= 15 is 0 Å². The monoisotopic (exact) mass is 285 g/mol. The fraction of sp³-hybridized carbons (Fsp3) is 0.571. The summed E-state index contributed by atoms with van der Waals surface area (Å²) in [4.78, 5) is 2.43. The highest BCUT2D eigenvalue weighted by molar-refractivity contribution is 6.31. The lowest BCUT2D eigenvalue weighted by Crippen LogP contribution is -2.38. The number of halogens is 2. The molecule has 5 heteroatoms. The van der Waals surface area contributed by atoms with Crippen LogP contribution < -0.4 is 11.1 Å². The SMILES string of the molecule is CC(CN1CCCCC1)Nc1cc(F)c(Cl)cc1N. The van der Waals surface area contributed by atoms with Gasteiger partial charge in [-0.3, -0.25) is 0 Å². The molecule has 0 aromatic heterocycles. The molecule has 1 aromatic rings. The van der Waals surface area contributed by atoms with Gasteiger partial charge >= 0.3 is 0 Å². The van der Waals surface area contributed by atoms with Crippen LogP contribution in [-0.2, 0) is 0 Å². The van der Waals surface area contributed by atoms with Crippen molar-refractivity contribution >= 4 is 23.0 Å². The molecule has 1 atom stereocenters. The number of hydrogen-bond donors (Lipinski definition) is 2. The van der Waals surface area contributed by atoms with E-state index in [4.69, 9.17) is 17.3 Å². The molecule has 0 bridgehead atoms. The second kappa shape index (κ2) is 6.44. The van der Waals surface area contributed by atoms with Gasteiger partial charge in [-0.2, -0.15) is 0 Å².